The van der Waals surface area contributed by atoms with Crippen molar-refractivity contribution in [3.63, 3.8) is 0 Å². The summed E-state index contributed by atoms with van der Waals surface area (Å²) >= 11 is 5.83. The molecule has 0 radical (unpaired) electrons. The first-order valence-corrected chi connectivity index (χ1v) is 7.54. The summed E-state index contributed by atoms with van der Waals surface area (Å²) in [6.07, 6.45) is -4.64. The van der Waals surface area contributed by atoms with E-state index in [0.29, 0.717) is 6.42 Å². The van der Waals surface area contributed by atoms with Crippen molar-refractivity contribution < 1.29 is 22.8 Å². The van der Waals surface area contributed by atoms with Crippen molar-refractivity contribution in [1.29, 1.82) is 0 Å². The minimum absolute atomic E-state index is 0.0242. The zero-order valence-corrected chi connectivity index (χ0v) is 13.7. The van der Waals surface area contributed by atoms with Gasteiger partial charge in [0.2, 0.25) is 0 Å². The summed E-state index contributed by atoms with van der Waals surface area (Å²) in [6, 6.07) is 5.62. The van der Waals surface area contributed by atoms with Gasteiger partial charge in [0.1, 0.15) is 5.84 Å². The Kier molecular flexibility index (Phi) is 4.89. The highest BCUT2D eigenvalue weighted by Gasteiger charge is 2.66. The predicted molar refractivity (Wildman–Crippen MR) is 82.8 cm³/mol. The van der Waals surface area contributed by atoms with Crippen molar-refractivity contribution >= 4 is 29.3 Å². The number of aliphatic imine (C=N–C) groups is 1. The van der Waals surface area contributed by atoms with Crippen LogP contribution in [0.25, 0.3) is 0 Å². The fourth-order valence-corrected chi connectivity index (χ4v) is 2.62. The smallest absolute Gasteiger partial charge is 0.312 e. The van der Waals surface area contributed by atoms with Gasteiger partial charge in [-0.2, -0.15) is 13.2 Å². The van der Waals surface area contributed by atoms with Crippen LogP contribution in [0.2, 0.25) is 5.02 Å². The highest BCUT2D eigenvalue weighted by molar-refractivity contribution is 6.34. The van der Waals surface area contributed by atoms with Gasteiger partial charge in [0.05, 0.1) is 10.6 Å². The van der Waals surface area contributed by atoms with Crippen molar-refractivity contribution in [3.8, 4) is 0 Å². The molecule has 1 aromatic carbocycles. The van der Waals surface area contributed by atoms with Gasteiger partial charge in [-0.25, -0.2) is 4.99 Å². The van der Waals surface area contributed by atoms with E-state index in [-0.39, 0.29) is 23.0 Å². The summed E-state index contributed by atoms with van der Waals surface area (Å²) in [5.41, 5.74) is -3.50. The van der Waals surface area contributed by atoms with Crippen molar-refractivity contribution in [2.75, 3.05) is 6.54 Å². The summed E-state index contributed by atoms with van der Waals surface area (Å²) < 4.78 is 40.9. The Labute approximate surface area is 141 Å². The molecule has 0 fully saturated rings. The number of nitrogens with one attached hydrogen (secondary N) is 1. The van der Waals surface area contributed by atoms with Crippen LogP contribution in [0.3, 0.4) is 0 Å². The molecule has 1 aliphatic rings. The molecule has 1 atom stereocenters. The van der Waals surface area contributed by atoms with Gasteiger partial charge in [-0.3, -0.25) is 14.5 Å². The number of hydrogen-bond donors (Lipinski definition) is 1. The molecular formula is C15H15ClF3N3O2. The van der Waals surface area contributed by atoms with Gasteiger partial charge in [-0.05, 0) is 25.5 Å². The average molecular weight is 362 g/mol. The second-order valence-electron chi connectivity index (χ2n) is 5.26. The molecule has 0 aliphatic carbocycles. The van der Waals surface area contributed by atoms with E-state index in [1.165, 1.54) is 31.2 Å². The van der Waals surface area contributed by atoms with Gasteiger partial charge in [-0.1, -0.05) is 30.7 Å². The Morgan fingerprint density at radius 3 is 2.54 bits per heavy atom. The van der Waals surface area contributed by atoms with Crippen molar-refractivity contribution in [2.24, 2.45) is 4.99 Å². The van der Waals surface area contributed by atoms with E-state index in [1.807, 2.05) is 0 Å². The van der Waals surface area contributed by atoms with E-state index < -0.39 is 23.7 Å². The first-order valence-electron chi connectivity index (χ1n) is 7.16. The zero-order valence-electron chi connectivity index (χ0n) is 12.9. The number of carbonyl (C=O) groups is 2. The molecule has 0 aromatic heterocycles. The van der Waals surface area contributed by atoms with Crippen LogP contribution in [-0.2, 0) is 4.79 Å². The third kappa shape index (κ3) is 2.98. The number of alkyl halides is 3. The summed E-state index contributed by atoms with van der Waals surface area (Å²) in [7, 11) is 0. The summed E-state index contributed by atoms with van der Waals surface area (Å²) in [6.45, 7) is 3.09. The number of nitrogens with zero attached hydrogens (tertiary/aromatic N) is 2. The molecule has 2 rings (SSSR count). The van der Waals surface area contributed by atoms with Gasteiger partial charge in [0.15, 0.2) is 0 Å². The first-order chi connectivity index (χ1) is 11.1. The minimum Gasteiger partial charge on any atom is -0.312 e. The Bertz CT molecular complexity index is 705. The van der Waals surface area contributed by atoms with Crippen LogP contribution in [-0.4, -0.2) is 40.9 Å². The molecule has 1 aromatic rings. The van der Waals surface area contributed by atoms with E-state index in [9.17, 15) is 22.8 Å². The number of rotatable bonds is 4. The van der Waals surface area contributed by atoms with Gasteiger partial charge in [0.25, 0.3) is 11.8 Å². The molecular weight excluding hydrogens is 347 g/mol. The van der Waals surface area contributed by atoms with E-state index in [4.69, 9.17) is 11.6 Å². The fourth-order valence-electron chi connectivity index (χ4n) is 2.39. The molecule has 0 spiro atoms. The maximum atomic E-state index is 13.6. The standard InChI is InChI=1S/C15H15ClF3N3O2/c1-3-8-22-9(2)20-14(13(22)24,15(17,18)19)21-12(23)10-6-4-5-7-11(10)16/h4-7H,3,8H2,1-2H3,(H,21,23). The van der Waals surface area contributed by atoms with Gasteiger partial charge in [-0.15, -0.1) is 0 Å². The second-order valence-corrected chi connectivity index (χ2v) is 5.67. The molecule has 24 heavy (non-hydrogen) atoms. The summed E-state index contributed by atoms with van der Waals surface area (Å²) in [5, 5.41) is 1.71. The van der Waals surface area contributed by atoms with Crippen LogP contribution in [0, 0.1) is 0 Å². The number of halogens is 4. The summed E-state index contributed by atoms with van der Waals surface area (Å²) in [4.78, 5) is 29.0. The fraction of sp³-hybridized carbons (Fsp3) is 0.400. The normalized spacial score (nSPS) is 21.0. The third-order valence-corrected chi connectivity index (χ3v) is 3.87. The highest BCUT2D eigenvalue weighted by Crippen LogP contribution is 2.37. The average Bonchev–Trinajstić information content (AvgIpc) is 2.73. The number of hydrogen-bond acceptors (Lipinski definition) is 3. The highest BCUT2D eigenvalue weighted by atomic mass is 35.5. The molecule has 130 valence electrons. The summed E-state index contributed by atoms with van der Waals surface area (Å²) in [5.74, 6) is -2.55. The lowest BCUT2D eigenvalue weighted by Gasteiger charge is -2.29. The Balaban J connectivity index is 2.43. The molecule has 0 saturated carbocycles. The second kappa shape index (κ2) is 6.43. The number of carbonyl (C=O) groups excluding carboxylic acids is 2. The van der Waals surface area contributed by atoms with Crippen LogP contribution in [0.15, 0.2) is 29.3 Å². The lowest BCUT2D eigenvalue weighted by Crippen LogP contribution is -2.63. The Hall–Kier alpha value is -2.09. The van der Waals surface area contributed by atoms with Gasteiger partial charge >= 0.3 is 11.8 Å². The van der Waals surface area contributed by atoms with Gasteiger partial charge < -0.3 is 5.32 Å². The quantitative estimate of drug-likeness (QED) is 0.896. The van der Waals surface area contributed by atoms with Crippen LogP contribution >= 0.6 is 11.6 Å². The Morgan fingerprint density at radius 2 is 2.00 bits per heavy atom. The molecule has 0 bridgehead atoms. The number of amidine groups is 1. The van der Waals surface area contributed by atoms with E-state index in [0.717, 1.165) is 4.90 Å². The van der Waals surface area contributed by atoms with Crippen LogP contribution in [0.5, 0.6) is 0 Å². The van der Waals surface area contributed by atoms with E-state index in [2.05, 4.69) is 4.99 Å². The topological polar surface area (TPSA) is 61.8 Å². The molecule has 2 amide bonds. The first kappa shape index (κ1) is 18.3. The number of benzene rings is 1. The van der Waals surface area contributed by atoms with Crippen LogP contribution < -0.4 is 5.32 Å². The largest absolute Gasteiger partial charge is 0.442 e. The van der Waals surface area contributed by atoms with Crippen molar-refractivity contribution in [2.45, 2.75) is 32.1 Å². The molecule has 0 saturated heterocycles. The van der Waals surface area contributed by atoms with E-state index >= 15 is 0 Å². The molecule has 5 nitrogen and oxygen atoms in total. The van der Waals surface area contributed by atoms with Gasteiger partial charge in [0, 0.05) is 6.54 Å². The Morgan fingerprint density at radius 1 is 1.38 bits per heavy atom. The maximum Gasteiger partial charge on any atom is 0.442 e. The number of amides is 2. The molecule has 1 aliphatic heterocycles. The van der Waals surface area contributed by atoms with Crippen LogP contribution in [0.4, 0.5) is 13.2 Å². The lowest BCUT2D eigenvalue weighted by atomic mass is 10.1. The molecule has 1 unspecified atom stereocenters. The molecule has 1 N–H and O–H groups in total. The molecule has 9 heteroatoms. The minimum atomic E-state index is -5.09. The van der Waals surface area contributed by atoms with E-state index in [1.54, 1.807) is 12.2 Å². The van der Waals surface area contributed by atoms with Crippen molar-refractivity contribution in [3.05, 3.63) is 34.9 Å². The molecule has 1 heterocycles. The lowest BCUT2D eigenvalue weighted by molar-refractivity contribution is -0.196. The predicted octanol–water partition coefficient (Wildman–Crippen LogP) is 3.00. The zero-order chi connectivity index (χ0) is 18.1. The maximum absolute atomic E-state index is 13.6. The monoisotopic (exact) mass is 361 g/mol. The van der Waals surface area contributed by atoms with Crippen molar-refractivity contribution in [1.82, 2.24) is 10.2 Å². The SMILES string of the molecule is CCCN1C(=O)C(NC(=O)c2ccccc2Cl)(C(F)(F)F)N=C1C. The third-order valence-electron chi connectivity index (χ3n) is 3.55. The van der Waals surface area contributed by atoms with Crippen LogP contribution in [0.1, 0.15) is 30.6 Å².